The molecule has 0 saturated carbocycles. The summed E-state index contributed by atoms with van der Waals surface area (Å²) in [4.78, 5) is 22.1. The van der Waals surface area contributed by atoms with Gasteiger partial charge in [-0.15, -0.1) is 0 Å². The first-order chi connectivity index (χ1) is 14.1. The van der Waals surface area contributed by atoms with Gasteiger partial charge < -0.3 is 15.5 Å². The molecular formula is C20H21ClN6O2. The monoisotopic (exact) mass is 412 g/mol. The maximum Gasteiger partial charge on any atom is 0.293 e. The molecule has 4 rings (SSSR count). The van der Waals surface area contributed by atoms with Gasteiger partial charge in [-0.3, -0.25) is 10.1 Å². The van der Waals surface area contributed by atoms with Gasteiger partial charge in [-0.25, -0.2) is 9.97 Å². The zero-order valence-electron chi connectivity index (χ0n) is 15.8. The van der Waals surface area contributed by atoms with E-state index in [-0.39, 0.29) is 10.6 Å². The Bertz CT molecular complexity index is 1040. The number of anilines is 2. The Labute approximate surface area is 173 Å². The van der Waals surface area contributed by atoms with Gasteiger partial charge in [-0.2, -0.15) is 0 Å². The molecule has 150 valence electrons. The van der Waals surface area contributed by atoms with Crippen molar-refractivity contribution in [1.29, 1.82) is 0 Å². The fraction of sp³-hybridized carbons (Fsp3) is 0.300. The topological polar surface area (TPSA) is 96.2 Å². The van der Waals surface area contributed by atoms with E-state index in [1.54, 1.807) is 12.1 Å². The van der Waals surface area contributed by atoms with Crippen LogP contribution < -0.4 is 15.5 Å². The summed E-state index contributed by atoms with van der Waals surface area (Å²) in [6.07, 6.45) is 2.24. The van der Waals surface area contributed by atoms with E-state index < -0.39 is 0 Å². The lowest BCUT2D eigenvalue weighted by Gasteiger charge is -2.29. The van der Waals surface area contributed by atoms with Crippen LogP contribution in [0, 0.1) is 10.1 Å². The molecule has 2 aromatic carbocycles. The Morgan fingerprint density at radius 3 is 2.79 bits per heavy atom. The molecule has 0 bridgehead atoms. The zero-order chi connectivity index (χ0) is 20.2. The van der Waals surface area contributed by atoms with E-state index in [1.807, 2.05) is 29.2 Å². The zero-order valence-corrected chi connectivity index (χ0v) is 16.5. The van der Waals surface area contributed by atoms with Gasteiger partial charge in [0.2, 0.25) is 0 Å². The average Bonchev–Trinajstić information content (AvgIpc) is 2.73. The summed E-state index contributed by atoms with van der Waals surface area (Å²) in [5.41, 5.74) is 2.47. The fourth-order valence-electron chi connectivity index (χ4n) is 3.54. The Balaban J connectivity index is 1.61. The lowest BCUT2D eigenvalue weighted by molar-refractivity contribution is -0.384. The summed E-state index contributed by atoms with van der Waals surface area (Å²) < 4.78 is 0. The van der Waals surface area contributed by atoms with Gasteiger partial charge in [0.05, 0.1) is 10.4 Å². The molecule has 0 atom stereocenters. The summed E-state index contributed by atoms with van der Waals surface area (Å²) in [5, 5.41) is 19.6. The van der Waals surface area contributed by atoms with Crippen LogP contribution in [0.3, 0.4) is 0 Å². The van der Waals surface area contributed by atoms with E-state index in [0.29, 0.717) is 34.0 Å². The summed E-state index contributed by atoms with van der Waals surface area (Å²) >= 11 is 6.03. The van der Waals surface area contributed by atoms with Crippen molar-refractivity contribution in [3.63, 3.8) is 0 Å². The summed E-state index contributed by atoms with van der Waals surface area (Å²) in [5.74, 6) is 0.590. The fourth-order valence-corrected chi connectivity index (χ4v) is 3.76. The lowest BCUT2D eigenvalue weighted by atomic mass is 10.1. The molecule has 0 unspecified atom stereocenters. The van der Waals surface area contributed by atoms with Gasteiger partial charge in [-0.05, 0) is 30.2 Å². The molecule has 1 aliphatic rings. The number of rotatable bonds is 6. The van der Waals surface area contributed by atoms with E-state index >= 15 is 0 Å². The number of halogens is 1. The van der Waals surface area contributed by atoms with Gasteiger partial charge in [-0.1, -0.05) is 23.7 Å². The number of benzene rings is 2. The highest BCUT2D eigenvalue weighted by Crippen LogP contribution is 2.34. The molecule has 1 aliphatic heterocycles. The number of nitrogens with one attached hydrogen (secondary N) is 2. The number of nitro groups is 1. The summed E-state index contributed by atoms with van der Waals surface area (Å²) in [6, 6.07) is 11.1. The van der Waals surface area contributed by atoms with Gasteiger partial charge >= 0.3 is 0 Å². The van der Waals surface area contributed by atoms with E-state index in [2.05, 4.69) is 20.6 Å². The smallest absolute Gasteiger partial charge is 0.293 e. The molecule has 3 aromatic rings. The highest BCUT2D eigenvalue weighted by atomic mass is 35.5. The predicted octanol–water partition coefficient (Wildman–Crippen LogP) is 3.26. The molecule has 9 heteroatoms. The molecule has 1 fully saturated rings. The van der Waals surface area contributed by atoms with Crippen molar-refractivity contribution in [2.75, 3.05) is 42.9 Å². The second kappa shape index (κ2) is 8.59. The first kappa shape index (κ1) is 19.4. The van der Waals surface area contributed by atoms with Crippen LogP contribution in [0.15, 0.2) is 42.7 Å². The third-order valence-corrected chi connectivity index (χ3v) is 5.22. The molecule has 0 aliphatic carbocycles. The van der Waals surface area contributed by atoms with E-state index in [1.165, 1.54) is 6.33 Å². The van der Waals surface area contributed by atoms with Crippen molar-refractivity contribution in [3.05, 3.63) is 63.4 Å². The number of hydrogen-bond donors (Lipinski definition) is 2. The summed E-state index contributed by atoms with van der Waals surface area (Å²) in [7, 11) is 0. The van der Waals surface area contributed by atoms with Crippen molar-refractivity contribution in [1.82, 2.24) is 15.3 Å². The maximum absolute atomic E-state index is 11.7. The number of aromatic nitrogens is 2. The Morgan fingerprint density at radius 1 is 1.21 bits per heavy atom. The minimum absolute atomic E-state index is 0.0760. The molecule has 8 nitrogen and oxygen atoms in total. The van der Waals surface area contributed by atoms with E-state index in [0.717, 1.165) is 38.2 Å². The highest BCUT2D eigenvalue weighted by molar-refractivity contribution is 6.30. The minimum atomic E-state index is -0.334. The maximum atomic E-state index is 11.7. The van der Waals surface area contributed by atoms with Crippen LogP contribution in [0.25, 0.3) is 10.9 Å². The van der Waals surface area contributed by atoms with Gasteiger partial charge in [0, 0.05) is 49.2 Å². The van der Waals surface area contributed by atoms with Crippen LogP contribution in [-0.4, -0.2) is 47.6 Å². The molecular weight excluding hydrogens is 392 g/mol. The Morgan fingerprint density at radius 2 is 2.03 bits per heavy atom. The van der Waals surface area contributed by atoms with Crippen molar-refractivity contribution < 1.29 is 4.92 Å². The second-order valence-electron chi connectivity index (χ2n) is 6.88. The normalized spacial score (nSPS) is 14.2. The predicted molar refractivity (Wildman–Crippen MR) is 115 cm³/mol. The second-order valence-corrected chi connectivity index (χ2v) is 7.32. The van der Waals surface area contributed by atoms with Crippen LogP contribution >= 0.6 is 11.6 Å². The Hall–Kier alpha value is -2.97. The molecule has 0 spiro atoms. The van der Waals surface area contributed by atoms with Gasteiger partial charge in [0.25, 0.3) is 5.69 Å². The third kappa shape index (κ3) is 4.38. The van der Waals surface area contributed by atoms with Crippen molar-refractivity contribution in [2.45, 2.75) is 6.42 Å². The van der Waals surface area contributed by atoms with Crippen LogP contribution in [0.2, 0.25) is 5.02 Å². The van der Waals surface area contributed by atoms with Crippen LogP contribution in [-0.2, 0) is 6.42 Å². The number of nitro benzene ring substituents is 1. The van der Waals surface area contributed by atoms with Gasteiger partial charge in [0.15, 0.2) is 0 Å². The number of fused-ring (bicyclic) bond motifs is 1. The van der Waals surface area contributed by atoms with Crippen LogP contribution in [0.5, 0.6) is 0 Å². The molecule has 1 aromatic heterocycles. The Kier molecular flexibility index (Phi) is 5.73. The number of piperazine rings is 1. The van der Waals surface area contributed by atoms with E-state index in [4.69, 9.17) is 11.6 Å². The van der Waals surface area contributed by atoms with Crippen LogP contribution in [0.1, 0.15) is 5.56 Å². The molecule has 2 heterocycles. The molecule has 2 N–H and O–H groups in total. The molecule has 0 radical (unpaired) electrons. The van der Waals surface area contributed by atoms with Gasteiger partial charge in [0.1, 0.15) is 17.8 Å². The molecule has 29 heavy (non-hydrogen) atoms. The standard InChI is InChI=1S/C20H21ClN6O2/c21-15-3-1-2-14(10-15)4-5-23-20-16-11-19(27(28)29)18(12-17(16)24-13-25-20)26-8-6-22-7-9-26/h1-3,10-13,22H,4-9H2,(H,23,24,25). The largest absolute Gasteiger partial charge is 0.369 e. The van der Waals surface area contributed by atoms with Crippen LogP contribution in [0.4, 0.5) is 17.2 Å². The summed E-state index contributed by atoms with van der Waals surface area (Å²) in [6.45, 7) is 3.68. The number of hydrogen-bond acceptors (Lipinski definition) is 7. The molecule has 1 saturated heterocycles. The quantitative estimate of drug-likeness (QED) is 0.473. The highest BCUT2D eigenvalue weighted by Gasteiger charge is 2.23. The average molecular weight is 413 g/mol. The third-order valence-electron chi connectivity index (χ3n) is 4.98. The SMILES string of the molecule is O=[N+]([O-])c1cc2c(NCCc3cccc(Cl)c3)ncnc2cc1N1CCNCC1. The van der Waals surface area contributed by atoms with Crippen molar-refractivity contribution in [2.24, 2.45) is 0 Å². The van der Waals surface area contributed by atoms with Crippen molar-refractivity contribution in [3.8, 4) is 0 Å². The first-order valence-electron chi connectivity index (χ1n) is 9.49. The lowest BCUT2D eigenvalue weighted by Crippen LogP contribution is -2.43. The minimum Gasteiger partial charge on any atom is -0.369 e. The van der Waals surface area contributed by atoms with E-state index in [9.17, 15) is 10.1 Å². The molecule has 0 amide bonds. The number of nitrogens with zero attached hydrogens (tertiary/aromatic N) is 4. The van der Waals surface area contributed by atoms with Crippen molar-refractivity contribution >= 4 is 39.7 Å². The first-order valence-corrected chi connectivity index (χ1v) is 9.87.